The van der Waals surface area contributed by atoms with Gasteiger partial charge in [-0.15, -0.1) is 11.7 Å². The number of hydrogen-bond acceptors (Lipinski definition) is 21. The summed E-state index contributed by atoms with van der Waals surface area (Å²) in [6, 6.07) is 25.4. The molecule has 10 rings (SSSR count). The molecule has 0 unspecified atom stereocenters. The van der Waals surface area contributed by atoms with E-state index in [0.717, 1.165) is 31.3 Å². The molecular formula is C100H132N14O19S. The fourth-order valence-electron chi connectivity index (χ4n) is 15.8. The molecule has 11 amide bonds. The van der Waals surface area contributed by atoms with Gasteiger partial charge in [0, 0.05) is 59.3 Å². The molecule has 0 bridgehead atoms. The molecular weight excluding hydrogens is 1730 g/mol. The number of carbonyl (C=O) groups is 12. The maximum Gasteiger partial charge on any atom is 0.410 e. The van der Waals surface area contributed by atoms with Crippen LogP contribution in [0.2, 0.25) is 0 Å². The number of aromatic nitrogens is 3. The van der Waals surface area contributed by atoms with Crippen molar-refractivity contribution in [2.45, 2.75) is 271 Å². The van der Waals surface area contributed by atoms with Crippen LogP contribution in [-0.2, 0) is 104 Å². The van der Waals surface area contributed by atoms with Crippen molar-refractivity contribution in [1.82, 2.24) is 71.2 Å². The van der Waals surface area contributed by atoms with Crippen LogP contribution in [-0.4, -0.2) is 231 Å². The first kappa shape index (κ1) is 103. The largest absolute Gasteiger partial charge is 0.490 e. The summed E-state index contributed by atoms with van der Waals surface area (Å²) in [5, 5.41) is 28.7. The number of benzene rings is 6. The predicted octanol–water partition coefficient (Wildman–Crippen LogP) is 10.4. The Labute approximate surface area is 785 Å². The maximum atomic E-state index is 15.8. The third-order valence-electron chi connectivity index (χ3n) is 23.5. The second kappa shape index (κ2) is 43.5. The lowest BCUT2D eigenvalue weighted by Gasteiger charge is -2.37. The Morgan fingerprint density at radius 2 is 0.888 bits per heavy atom. The number of carbonyl (C=O) groups excluding carboxylic acids is 12. The van der Waals surface area contributed by atoms with Crippen molar-refractivity contribution in [1.29, 1.82) is 0 Å². The van der Waals surface area contributed by atoms with Crippen LogP contribution in [0.5, 0.6) is 11.5 Å². The lowest BCUT2D eigenvalue weighted by Crippen LogP contribution is -2.61. The summed E-state index contributed by atoms with van der Waals surface area (Å²) >= 11 is 0. The SMILES string of the molecule is C=CCOc1ccc(C[C@H](NC(=O)[C@H](Cc2ccc3ccccc3c2)NC(=O)[C@@H]2C[C@H](n3nncc3COc3ccc(C[C@H](NC(=O)[C@H](Cc4ccc5ccccc5c4)NC(=O)[C@@H]4C[C@H](CC=C)CN4C(=O)[C@@H](NC(=O)[C@H](C)N(C)C(=O)OC(C)(C)C)C(C)(C)C)C(=O)NS(=O)(=O)C4CC4)cc3)CN2C(=O)[C@@H](NC(=O)[C@H](C)N(C)C(=O)OC(C)(C)C)C(C)(C)C)C(=O)OC(C)(C)C)cc1. The molecule has 3 aliphatic rings. The highest BCUT2D eigenvalue weighted by Gasteiger charge is 2.50. The number of ether oxygens (including phenoxy) is 5. The van der Waals surface area contributed by atoms with E-state index in [1.807, 2.05) is 78.9 Å². The minimum atomic E-state index is -4.23. The van der Waals surface area contributed by atoms with Gasteiger partial charge >= 0.3 is 18.2 Å². The van der Waals surface area contributed by atoms with Crippen molar-refractivity contribution in [3.05, 3.63) is 193 Å². The van der Waals surface area contributed by atoms with Crippen LogP contribution >= 0.6 is 0 Å². The molecule has 3 fully saturated rings. The molecule has 1 saturated carbocycles. The Morgan fingerprint density at radius 1 is 0.478 bits per heavy atom. The molecule has 0 spiro atoms. The van der Waals surface area contributed by atoms with E-state index in [2.05, 4.69) is 60.1 Å². The molecule has 0 radical (unpaired) electrons. The van der Waals surface area contributed by atoms with E-state index in [1.54, 1.807) is 171 Å². The molecule has 33 nitrogen and oxygen atoms in total. The standard InChI is InChI=1S/C100H132N14O19S/c1-22-28-66-54-80(112(57-66)91(122)82(96(5,6)7)106-84(115)60(3)110(20)94(125)132-99(14,15)16)89(120)103-76(52-64-33-39-67-29-24-26-31-69(67)48-64)86(117)102-78(88(119)108-134(127,128)75-45-46-75)50-62-37-43-74(44-38-62)130-59-72-56-101-109-114(72)71-55-81(113(58-71)92(123)83(97(8,9)10)107-85(116)61(4)111(21)95(126)133-100(17,18)19)90(121)104-77(53-65-34-40-68-30-25-27-32-70(68)49-65)87(118)105-79(93(124)131-98(11,12)13)51-63-35-41-73(42-36-63)129-47-23-2/h22-27,29-44,48-49,56,60-61,66,71,75-83H,1-2,28,45-47,50-55,57-59H2,3-21H3,(H,102,117)(H,103,120)(H,104,121)(H,105,118)(H,106,115)(H,107,116)(H,108,119)/t60-,61-,66-,71-,76-,77-,78-,79-,80-,81-,82+,83+/m0/s1. The van der Waals surface area contributed by atoms with E-state index < -0.39 is 181 Å². The average Bonchev–Trinajstić information content (AvgIpc) is 1.62. The van der Waals surface area contributed by atoms with Crippen LogP contribution in [0.4, 0.5) is 9.59 Å². The van der Waals surface area contributed by atoms with Crippen molar-refractivity contribution in [3.63, 3.8) is 0 Å². The third kappa shape index (κ3) is 28.4. The van der Waals surface area contributed by atoms with E-state index in [-0.39, 0.29) is 76.5 Å². The fourth-order valence-corrected chi connectivity index (χ4v) is 17.2. The molecule has 34 heteroatoms. The van der Waals surface area contributed by atoms with Crippen LogP contribution in [0.1, 0.15) is 184 Å². The second-order valence-corrected chi connectivity index (χ2v) is 42.2. The van der Waals surface area contributed by atoms with Crippen molar-refractivity contribution in [3.8, 4) is 11.5 Å². The summed E-state index contributed by atoms with van der Waals surface area (Å²) in [6.45, 7) is 36.1. The molecule has 7 aromatic rings. The molecule has 2 aliphatic heterocycles. The molecule has 12 atom stereocenters. The third-order valence-corrected chi connectivity index (χ3v) is 25.4. The zero-order valence-electron chi connectivity index (χ0n) is 80.3. The topological polar surface area (TPSA) is 413 Å². The number of fused-ring (bicyclic) bond motifs is 2. The quantitative estimate of drug-likeness (QED) is 0.0108. The van der Waals surface area contributed by atoms with Crippen LogP contribution < -0.4 is 46.1 Å². The van der Waals surface area contributed by atoms with Gasteiger partial charge in [0.1, 0.15) is 102 Å². The van der Waals surface area contributed by atoms with Gasteiger partial charge in [-0.25, -0.2) is 27.5 Å². The zero-order chi connectivity index (χ0) is 98.4. The molecule has 6 aromatic carbocycles. The van der Waals surface area contributed by atoms with E-state index in [1.165, 1.54) is 48.6 Å². The van der Waals surface area contributed by atoms with E-state index in [0.29, 0.717) is 53.0 Å². The summed E-state index contributed by atoms with van der Waals surface area (Å²) in [5.41, 5.74) is -2.17. The predicted molar refractivity (Wildman–Crippen MR) is 507 cm³/mol. The molecule has 1 aromatic heterocycles. The van der Waals surface area contributed by atoms with Gasteiger partial charge < -0.3 is 65.4 Å². The highest BCUT2D eigenvalue weighted by atomic mass is 32.2. The molecule has 2 saturated heterocycles. The van der Waals surface area contributed by atoms with Gasteiger partial charge in [-0.05, 0) is 187 Å². The van der Waals surface area contributed by atoms with E-state index >= 15 is 28.8 Å². The fraction of sp³-hybridized carbons (Fsp3) is 0.500. The Balaban J connectivity index is 0.927. The Bertz CT molecular complexity index is 5570. The van der Waals surface area contributed by atoms with Gasteiger partial charge in [0.05, 0.1) is 23.2 Å². The van der Waals surface area contributed by atoms with Gasteiger partial charge in [0.15, 0.2) is 0 Å². The highest BCUT2D eigenvalue weighted by Crippen LogP contribution is 2.36. The number of amides is 11. The Kier molecular flexibility index (Phi) is 33.6. The molecule has 3 heterocycles. The molecule has 7 N–H and O–H groups in total. The maximum absolute atomic E-state index is 15.8. The first-order valence-electron chi connectivity index (χ1n) is 45.4. The smallest absolute Gasteiger partial charge is 0.410 e. The number of hydrogen-bond donors (Lipinski definition) is 7. The van der Waals surface area contributed by atoms with Gasteiger partial charge in [0.25, 0.3) is 5.91 Å². The van der Waals surface area contributed by atoms with Gasteiger partial charge in [-0.3, -0.25) is 57.7 Å². The minimum Gasteiger partial charge on any atom is -0.490 e. The van der Waals surface area contributed by atoms with Crippen LogP contribution in [0.3, 0.4) is 0 Å². The van der Waals surface area contributed by atoms with Crippen molar-refractivity contribution >= 4 is 103 Å². The monoisotopic (exact) mass is 1860 g/mol. The molecule has 1 aliphatic carbocycles. The molecule has 722 valence electrons. The zero-order valence-corrected chi connectivity index (χ0v) is 81.2. The number of sulfonamides is 1. The number of likely N-dealkylation sites (tertiary alicyclic amines) is 2. The lowest BCUT2D eigenvalue weighted by atomic mass is 9.85. The molecule has 134 heavy (non-hydrogen) atoms. The van der Waals surface area contributed by atoms with Crippen molar-refractivity contribution < 1.29 is 89.6 Å². The van der Waals surface area contributed by atoms with Crippen LogP contribution in [0.25, 0.3) is 21.5 Å². The number of esters is 1. The summed E-state index contributed by atoms with van der Waals surface area (Å²) in [6.07, 6.45) is 3.53. The average molecular weight is 1870 g/mol. The second-order valence-electron chi connectivity index (χ2n) is 40.2. The minimum absolute atomic E-state index is 0.0358. The van der Waals surface area contributed by atoms with Gasteiger partial charge in [-0.1, -0.05) is 175 Å². The van der Waals surface area contributed by atoms with Crippen LogP contribution in [0.15, 0.2) is 165 Å². The number of allylic oxidation sites excluding steroid dienone is 1. The summed E-state index contributed by atoms with van der Waals surface area (Å²) < 4.78 is 60.2. The van der Waals surface area contributed by atoms with E-state index in [4.69, 9.17) is 23.7 Å². The van der Waals surface area contributed by atoms with Crippen LogP contribution in [0, 0.1) is 16.7 Å². The van der Waals surface area contributed by atoms with E-state index in [9.17, 15) is 37.2 Å². The summed E-state index contributed by atoms with van der Waals surface area (Å²) in [4.78, 5) is 182. The van der Waals surface area contributed by atoms with Crippen molar-refractivity contribution in [2.75, 3.05) is 33.8 Å². The van der Waals surface area contributed by atoms with Gasteiger partial charge in [-0.2, -0.15) is 0 Å². The van der Waals surface area contributed by atoms with Crippen molar-refractivity contribution in [2.24, 2.45) is 16.7 Å². The van der Waals surface area contributed by atoms with Gasteiger partial charge in [0.2, 0.25) is 57.3 Å². The first-order chi connectivity index (χ1) is 62.8. The normalized spacial score (nSPS) is 17.7. The Morgan fingerprint density at radius 3 is 1.33 bits per heavy atom. The summed E-state index contributed by atoms with van der Waals surface area (Å²) in [7, 11) is -1.43. The highest BCUT2D eigenvalue weighted by molar-refractivity contribution is 7.91. The summed E-state index contributed by atoms with van der Waals surface area (Å²) in [5.74, 6) is -7.13. The lowest BCUT2D eigenvalue weighted by molar-refractivity contribution is -0.158. The number of nitrogens with zero attached hydrogens (tertiary/aromatic N) is 7. The number of nitrogens with one attached hydrogen (secondary N) is 7. The first-order valence-corrected chi connectivity index (χ1v) is 46.9. The Hall–Kier alpha value is -12.7. The number of likely N-dealkylation sites (N-methyl/N-ethyl adjacent to an activating group) is 2. The number of rotatable bonds is 37.